The van der Waals surface area contributed by atoms with Gasteiger partial charge in [-0.3, -0.25) is 4.90 Å². The molecular formula is C14H23N3O2S2. The molecule has 0 bridgehead atoms. The van der Waals surface area contributed by atoms with Gasteiger partial charge in [-0.05, 0) is 44.3 Å². The highest BCUT2D eigenvalue weighted by atomic mass is 32.2. The van der Waals surface area contributed by atoms with Crippen molar-refractivity contribution in [3.8, 4) is 0 Å². The van der Waals surface area contributed by atoms with E-state index in [1.165, 1.54) is 24.2 Å². The molecular weight excluding hydrogens is 306 g/mol. The molecule has 0 radical (unpaired) electrons. The summed E-state index contributed by atoms with van der Waals surface area (Å²) in [6.07, 6.45) is 4.49. The molecule has 2 aliphatic rings. The molecule has 0 saturated carbocycles. The SMILES string of the molecule is CNCc1sccc1S(=O)(=O)NC1CCN2CCCCC12. The summed E-state index contributed by atoms with van der Waals surface area (Å²) in [6, 6.07) is 2.17. The van der Waals surface area contributed by atoms with Crippen molar-refractivity contribution in [2.24, 2.45) is 0 Å². The molecule has 1 aromatic heterocycles. The van der Waals surface area contributed by atoms with Crippen LogP contribution in [0.25, 0.3) is 0 Å². The normalized spacial score (nSPS) is 26.9. The van der Waals surface area contributed by atoms with Gasteiger partial charge in [-0.25, -0.2) is 13.1 Å². The van der Waals surface area contributed by atoms with Crippen LogP contribution >= 0.6 is 11.3 Å². The Morgan fingerprint density at radius 2 is 2.19 bits per heavy atom. The first-order valence-corrected chi connectivity index (χ1v) is 9.95. The Bertz CT molecular complexity index is 585. The Balaban J connectivity index is 1.75. The molecule has 2 unspecified atom stereocenters. The Labute approximate surface area is 130 Å². The van der Waals surface area contributed by atoms with Crippen molar-refractivity contribution < 1.29 is 8.42 Å². The lowest BCUT2D eigenvalue weighted by Gasteiger charge is -2.32. The summed E-state index contributed by atoms with van der Waals surface area (Å²) in [5, 5.41) is 4.88. The van der Waals surface area contributed by atoms with Crippen molar-refractivity contribution in [3.05, 3.63) is 16.3 Å². The van der Waals surface area contributed by atoms with E-state index < -0.39 is 10.0 Å². The van der Waals surface area contributed by atoms with E-state index in [1.54, 1.807) is 6.07 Å². The summed E-state index contributed by atoms with van der Waals surface area (Å²) in [5.41, 5.74) is 0. The molecule has 0 amide bonds. The number of nitrogens with zero attached hydrogens (tertiary/aromatic N) is 1. The van der Waals surface area contributed by atoms with E-state index in [9.17, 15) is 8.42 Å². The summed E-state index contributed by atoms with van der Waals surface area (Å²) < 4.78 is 28.3. The van der Waals surface area contributed by atoms with Crippen LogP contribution in [-0.4, -0.2) is 45.5 Å². The van der Waals surface area contributed by atoms with Crippen molar-refractivity contribution in [2.45, 2.75) is 49.2 Å². The summed E-state index contributed by atoms with van der Waals surface area (Å²) in [5.74, 6) is 0. The van der Waals surface area contributed by atoms with Gasteiger partial charge in [0.25, 0.3) is 0 Å². The van der Waals surface area contributed by atoms with Crippen LogP contribution in [0, 0.1) is 0 Å². The number of hydrogen-bond acceptors (Lipinski definition) is 5. The number of hydrogen-bond donors (Lipinski definition) is 2. The number of sulfonamides is 1. The molecule has 2 fully saturated rings. The van der Waals surface area contributed by atoms with Gasteiger partial charge in [0.1, 0.15) is 0 Å². The van der Waals surface area contributed by atoms with Gasteiger partial charge in [0, 0.05) is 30.1 Å². The maximum Gasteiger partial charge on any atom is 0.242 e. The zero-order valence-electron chi connectivity index (χ0n) is 12.3. The maximum atomic E-state index is 12.7. The zero-order valence-corrected chi connectivity index (χ0v) is 14.0. The molecule has 2 atom stereocenters. The first-order valence-electron chi connectivity index (χ1n) is 7.59. The summed E-state index contributed by atoms with van der Waals surface area (Å²) in [4.78, 5) is 3.76. The van der Waals surface area contributed by atoms with Gasteiger partial charge in [0.2, 0.25) is 10.0 Å². The first-order chi connectivity index (χ1) is 10.1. The second kappa shape index (κ2) is 6.34. The van der Waals surface area contributed by atoms with Gasteiger partial charge in [-0.15, -0.1) is 11.3 Å². The lowest BCUT2D eigenvalue weighted by molar-refractivity contribution is 0.186. The van der Waals surface area contributed by atoms with Crippen molar-refractivity contribution >= 4 is 21.4 Å². The molecule has 0 aromatic carbocycles. The van der Waals surface area contributed by atoms with Crippen molar-refractivity contribution in [1.82, 2.24) is 14.9 Å². The molecule has 0 spiro atoms. The standard InChI is InChI=1S/C14H23N3O2S2/c1-15-10-13-14(6-9-20-13)21(18,19)16-11-5-8-17-7-3-2-4-12(11)17/h6,9,11-12,15-16H,2-5,7-8,10H2,1H3. The fourth-order valence-corrected chi connectivity index (χ4v) is 6.26. The third kappa shape index (κ3) is 3.17. The minimum Gasteiger partial charge on any atom is -0.315 e. The molecule has 7 heteroatoms. The van der Waals surface area contributed by atoms with Crippen molar-refractivity contribution in [2.75, 3.05) is 20.1 Å². The predicted molar refractivity (Wildman–Crippen MR) is 85.0 cm³/mol. The van der Waals surface area contributed by atoms with Crippen LogP contribution in [0.15, 0.2) is 16.3 Å². The van der Waals surface area contributed by atoms with Crippen LogP contribution in [0.2, 0.25) is 0 Å². The molecule has 5 nitrogen and oxygen atoms in total. The Hall–Kier alpha value is -0.470. The van der Waals surface area contributed by atoms with Crippen LogP contribution in [0.5, 0.6) is 0 Å². The highest BCUT2D eigenvalue weighted by molar-refractivity contribution is 7.89. The molecule has 21 heavy (non-hydrogen) atoms. The minimum atomic E-state index is -3.41. The number of piperidine rings is 1. The van der Waals surface area contributed by atoms with E-state index in [2.05, 4.69) is 14.9 Å². The van der Waals surface area contributed by atoms with E-state index in [0.29, 0.717) is 17.5 Å². The number of thiophene rings is 1. The molecule has 1 aromatic rings. The van der Waals surface area contributed by atoms with Crippen molar-refractivity contribution in [1.29, 1.82) is 0 Å². The van der Waals surface area contributed by atoms with Gasteiger partial charge in [0.15, 0.2) is 0 Å². The Morgan fingerprint density at radius 1 is 1.33 bits per heavy atom. The molecule has 3 heterocycles. The zero-order chi connectivity index (χ0) is 14.9. The largest absolute Gasteiger partial charge is 0.315 e. The summed E-state index contributed by atoms with van der Waals surface area (Å²) in [7, 11) is -1.58. The maximum absolute atomic E-state index is 12.7. The van der Waals surface area contributed by atoms with E-state index >= 15 is 0 Å². The average molecular weight is 329 g/mol. The highest BCUT2D eigenvalue weighted by Crippen LogP contribution is 2.29. The highest BCUT2D eigenvalue weighted by Gasteiger charge is 2.38. The fraction of sp³-hybridized carbons (Fsp3) is 0.714. The number of nitrogens with one attached hydrogen (secondary N) is 2. The van der Waals surface area contributed by atoms with Gasteiger partial charge < -0.3 is 5.32 Å². The van der Waals surface area contributed by atoms with Crippen LogP contribution in [0.1, 0.15) is 30.6 Å². The van der Waals surface area contributed by atoms with Crippen LogP contribution < -0.4 is 10.0 Å². The van der Waals surface area contributed by atoms with E-state index in [-0.39, 0.29) is 6.04 Å². The molecule has 0 aliphatic carbocycles. The third-order valence-electron chi connectivity index (χ3n) is 4.49. The van der Waals surface area contributed by atoms with Crippen LogP contribution in [-0.2, 0) is 16.6 Å². The number of rotatable bonds is 5. The van der Waals surface area contributed by atoms with E-state index in [0.717, 1.165) is 30.8 Å². The molecule has 118 valence electrons. The lowest BCUT2D eigenvalue weighted by atomic mass is 10.00. The summed E-state index contributed by atoms with van der Waals surface area (Å²) >= 11 is 1.49. The number of fused-ring (bicyclic) bond motifs is 1. The van der Waals surface area contributed by atoms with Gasteiger partial charge in [-0.1, -0.05) is 6.42 Å². The smallest absolute Gasteiger partial charge is 0.242 e. The predicted octanol–water partition coefficient (Wildman–Crippen LogP) is 1.37. The van der Waals surface area contributed by atoms with E-state index in [1.807, 2.05) is 12.4 Å². The second-order valence-electron chi connectivity index (χ2n) is 5.85. The average Bonchev–Trinajstić information content (AvgIpc) is 3.07. The van der Waals surface area contributed by atoms with Crippen molar-refractivity contribution in [3.63, 3.8) is 0 Å². The van der Waals surface area contributed by atoms with Gasteiger partial charge >= 0.3 is 0 Å². The first kappa shape index (κ1) is 15.4. The van der Waals surface area contributed by atoms with Gasteiger partial charge in [0.05, 0.1) is 4.90 Å². The van der Waals surface area contributed by atoms with Gasteiger partial charge in [-0.2, -0.15) is 0 Å². The Morgan fingerprint density at radius 3 is 3.00 bits per heavy atom. The quantitative estimate of drug-likeness (QED) is 0.857. The second-order valence-corrected chi connectivity index (χ2v) is 8.54. The van der Waals surface area contributed by atoms with Crippen LogP contribution in [0.3, 0.4) is 0 Å². The fourth-order valence-electron chi connectivity index (χ4n) is 3.51. The molecule has 2 N–H and O–H groups in total. The topological polar surface area (TPSA) is 61.4 Å². The molecule has 3 rings (SSSR count). The molecule has 2 saturated heterocycles. The Kier molecular flexibility index (Phi) is 4.66. The van der Waals surface area contributed by atoms with E-state index in [4.69, 9.17) is 0 Å². The monoisotopic (exact) mass is 329 g/mol. The lowest BCUT2D eigenvalue weighted by Crippen LogP contribution is -2.46. The minimum absolute atomic E-state index is 0.0673. The van der Waals surface area contributed by atoms with Crippen LogP contribution in [0.4, 0.5) is 0 Å². The summed E-state index contributed by atoms with van der Waals surface area (Å²) in [6.45, 7) is 2.73. The third-order valence-corrected chi connectivity index (χ3v) is 7.12. The molecule has 2 aliphatic heterocycles.